The molecule has 1 aliphatic heterocycles. The van der Waals surface area contributed by atoms with Crippen molar-refractivity contribution in [3.8, 4) is 0 Å². The van der Waals surface area contributed by atoms with Gasteiger partial charge >= 0.3 is 0 Å². The van der Waals surface area contributed by atoms with E-state index in [9.17, 15) is 8.78 Å². The van der Waals surface area contributed by atoms with Crippen LogP contribution in [0, 0.1) is 11.6 Å². The third-order valence-corrected chi connectivity index (χ3v) is 4.03. The summed E-state index contributed by atoms with van der Waals surface area (Å²) in [5.74, 6) is -1.62. The van der Waals surface area contributed by atoms with Gasteiger partial charge in [0, 0.05) is 24.7 Å². The van der Waals surface area contributed by atoms with Crippen LogP contribution in [0.25, 0.3) is 0 Å². The molecular formula is C17H16ClF2NO. The van der Waals surface area contributed by atoms with Gasteiger partial charge in [-0.1, -0.05) is 29.8 Å². The van der Waals surface area contributed by atoms with Crippen LogP contribution in [0.2, 0.25) is 5.02 Å². The maximum Gasteiger partial charge on any atom is 0.159 e. The fourth-order valence-electron chi connectivity index (χ4n) is 2.62. The molecule has 0 spiro atoms. The molecule has 1 atom stereocenters. The number of ether oxygens (including phenoxy) is 1. The van der Waals surface area contributed by atoms with Crippen LogP contribution in [-0.4, -0.2) is 24.6 Å². The van der Waals surface area contributed by atoms with E-state index in [1.165, 1.54) is 12.1 Å². The molecule has 0 N–H and O–H groups in total. The molecular weight excluding hydrogens is 308 g/mol. The number of hydrogen-bond donors (Lipinski definition) is 0. The first-order valence-corrected chi connectivity index (χ1v) is 7.53. The number of benzene rings is 2. The number of morpholine rings is 1. The lowest BCUT2D eigenvalue weighted by atomic mass is 10.1. The normalized spacial score (nSPS) is 19.3. The smallest absolute Gasteiger partial charge is 0.159 e. The average molecular weight is 324 g/mol. The third-order valence-electron chi connectivity index (χ3n) is 3.78. The predicted octanol–water partition coefficient (Wildman–Crippen LogP) is 4.19. The molecule has 22 heavy (non-hydrogen) atoms. The van der Waals surface area contributed by atoms with Gasteiger partial charge in [0.1, 0.15) is 0 Å². The largest absolute Gasteiger partial charge is 0.371 e. The van der Waals surface area contributed by atoms with Gasteiger partial charge in [-0.25, -0.2) is 8.78 Å². The molecule has 1 aliphatic rings. The molecule has 0 radical (unpaired) electrons. The molecule has 0 saturated carbocycles. The van der Waals surface area contributed by atoms with Crippen LogP contribution >= 0.6 is 11.6 Å². The Labute approximate surface area is 133 Å². The van der Waals surface area contributed by atoms with Crippen LogP contribution in [0.5, 0.6) is 0 Å². The van der Waals surface area contributed by atoms with E-state index < -0.39 is 11.6 Å². The highest BCUT2D eigenvalue weighted by atomic mass is 35.5. The molecule has 0 amide bonds. The molecule has 1 fully saturated rings. The van der Waals surface area contributed by atoms with Crippen molar-refractivity contribution in [1.29, 1.82) is 0 Å². The van der Waals surface area contributed by atoms with Crippen molar-refractivity contribution in [1.82, 2.24) is 4.90 Å². The summed E-state index contributed by atoms with van der Waals surface area (Å²) in [4.78, 5) is 2.18. The monoisotopic (exact) mass is 323 g/mol. The number of hydrogen-bond acceptors (Lipinski definition) is 2. The van der Waals surface area contributed by atoms with E-state index in [1.807, 2.05) is 24.3 Å². The average Bonchev–Trinajstić information content (AvgIpc) is 2.52. The second kappa shape index (κ2) is 6.73. The van der Waals surface area contributed by atoms with Crippen LogP contribution < -0.4 is 0 Å². The summed E-state index contributed by atoms with van der Waals surface area (Å²) in [7, 11) is 0. The molecule has 2 aromatic carbocycles. The fraction of sp³-hybridized carbons (Fsp3) is 0.294. The van der Waals surface area contributed by atoms with Gasteiger partial charge in [0.25, 0.3) is 0 Å². The van der Waals surface area contributed by atoms with E-state index in [-0.39, 0.29) is 6.10 Å². The van der Waals surface area contributed by atoms with Crippen molar-refractivity contribution in [2.45, 2.75) is 12.6 Å². The predicted molar refractivity (Wildman–Crippen MR) is 81.8 cm³/mol. The summed E-state index contributed by atoms with van der Waals surface area (Å²) in [6.07, 6.45) is -0.0312. The second-order valence-corrected chi connectivity index (χ2v) is 5.83. The summed E-state index contributed by atoms with van der Waals surface area (Å²) < 4.78 is 32.1. The van der Waals surface area contributed by atoms with Gasteiger partial charge in [-0.2, -0.15) is 0 Å². The highest BCUT2D eigenvalue weighted by Crippen LogP contribution is 2.24. The minimum absolute atomic E-state index is 0.0312. The summed E-state index contributed by atoms with van der Waals surface area (Å²) >= 11 is 5.90. The van der Waals surface area contributed by atoms with E-state index in [0.29, 0.717) is 24.7 Å². The third kappa shape index (κ3) is 3.64. The topological polar surface area (TPSA) is 12.5 Å². The Bertz CT molecular complexity index is 648. The molecule has 1 saturated heterocycles. The fourth-order valence-corrected chi connectivity index (χ4v) is 2.75. The second-order valence-electron chi connectivity index (χ2n) is 5.39. The lowest BCUT2D eigenvalue weighted by Gasteiger charge is -2.33. The van der Waals surface area contributed by atoms with E-state index in [2.05, 4.69) is 4.90 Å². The quantitative estimate of drug-likeness (QED) is 0.839. The number of rotatable bonds is 3. The number of halogens is 3. The standard InChI is InChI=1S/C17H16ClF2NO/c18-14-4-2-13(3-5-14)17-11-21(7-8-22-17)10-12-1-6-15(19)16(20)9-12/h1-6,9,17H,7-8,10-11H2. The molecule has 2 aromatic rings. The zero-order valence-electron chi connectivity index (χ0n) is 11.9. The SMILES string of the molecule is Fc1ccc(CN2CCOC(c3ccc(Cl)cc3)C2)cc1F. The molecule has 2 nitrogen and oxygen atoms in total. The van der Waals surface area contributed by atoms with Crippen molar-refractivity contribution in [2.75, 3.05) is 19.7 Å². The summed E-state index contributed by atoms with van der Waals surface area (Å²) in [6.45, 7) is 2.66. The summed E-state index contributed by atoms with van der Waals surface area (Å²) in [6, 6.07) is 11.6. The molecule has 1 heterocycles. The van der Waals surface area contributed by atoms with Gasteiger partial charge in [-0.05, 0) is 35.4 Å². The molecule has 1 unspecified atom stereocenters. The minimum Gasteiger partial charge on any atom is -0.371 e. The van der Waals surface area contributed by atoms with Gasteiger partial charge in [0.2, 0.25) is 0 Å². The minimum atomic E-state index is -0.815. The lowest BCUT2D eigenvalue weighted by Crippen LogP contribution is -2.37. The first kappa shape index (κ1) is 15.4. The van der Waals surface area contributed by atoms with E-state index in [4.69, 9.17) is 16.3 Å². The van der Waals surface area contributed by atoms with Gasteiger partial charge in [-0.15, -0.1) is 0 Å². The molecule has 0 aromatic heterocycles. The van der Waals surface area contributed by atoms with Crippen molar-refractivity contribution in [3.63, 3.8) is 0 Å². The van der Waals surface area contributed by atoms with Gasteiger partial charge in [0.05, 0.1) is 12.7 Å². The van der Waals surface area contributed by atoms with Crippen LogP contribution in [0.1, 0.15) is 17.2 Å². The summed E-state index contributed by atoms with van der Waals surface area (Å²) in [5, 5.41) is 0.693. The molecule has 3 rings (SSSR count). The molecule has 0 bridgehead atoms. The van der Waals surface area contributed by atoms with Gasteiger partial charge < -0.3 is 4.74 Å². The molecule has 116 valence electrons. The van der Waals surface area contributed by atoms with E-state index in [0.717, 1.165) is 17.7 Å². The van der Waals surface area contributed by atoms with Crippen molar-refractivity contribution < 1.29 is 13.5 Å². The summed E-state index contributed by atoms with van der Waals surface area (Å²) in [5.41, 5.74) is 1.83. The Balaban J connectivity index is 1.67. The molecule has 0 aliphatic carbocycles. The first-order valence-electron chi connectivity index (χ1n) is 7.15. The Hall–Kier alpha value is -1.49. The lowest BCUT2D eigenvalue weighted by molar-refractivity contribution is -0.0329. The Kier molecular flexibility index (Phi) is 4.71. The van der Waals surface area contributed by atoms with E-state index in [1.54, 1.807) is 6.07 Å². The Morgan fingerprint density at radius 3 is 2.59 bits per heavy atom. The van der Waals surface area contributed by atoms with Gasteiger partial charge in [-0.3, -0.25) is 4.90 Å². The zero-order valence-corrected chi connectivity index (χ0v) is 12.7. The van der Waals surface area contributed by atoms with Crippen molar-refractivity contribution >= 4 is 11.6 Å². The first-order chi connectivity index (χ1) is 10.6. The maximum atomic E-state index is 13.3. The van der Waals surface area contributed by atoms with E-state index >= 15 is 0 Å². The Morgan fingerprint density at radius 2 is 1.86 bits per heavy atom. The molecule has 5 heteroatoms. The van der Waals surface area contributed by atoms with Crippen LogP contribution in [0.3, 0.4) is 0 Å². The van der Waals surface area contributed by atoms with Crippen molar-refractivity contribution in [3.05, 3.63) is 70.2 Å². The van der Waals surface area contributed by atoms with Gasteiger partial charge in [0.15, 0.2) is 11.6 Å². The van der Waals surface area contributed by atoms with Crippen LogP contribution in [0.15, 0.2) is 42.5 Å². The van der Waals surface area contributed by atoms with Crippen LogP contribution in [-0.2, 0) is 11.3 Å². The van der Waals surface area contributed by atoms with Crippen LogP contribution in [0.4, 0.5) is 8.78 Å². The Morgan fingerprint density at radius 1 is 1.09 bits per heavy atom. The maximum absolute atomic E-state index is 13.3. The highest BCUT2D eigenvalue weighted by Gasteiger charge is 2.22. The van der Waals surface area contributed by atoms with Crippen molar-refractivity contribution in [2.24, 2.45) is 0 Å². The highest BCUT2D eigenvalue weighted by molar-refractivity contribution is 6.30. The zero-order chi connectivity index (χ0) is 15.5. The number of nitrogens with zero attached hydrogens (tertiary/aromatic N) is 1.